The first-order valence-electron chi connectivity index (χ1n) is 9.44. The van der Waals surface area contributed by atoms with Gasteiger partial charge in [-0.05, 0) is 75.7 Å². The summed E-state index contributed by atoms with van der Waals surface area (Å²) in [5.41, 5.74) is 8.26. The van der Waals surface area contributed by atoms with Crippen molar-refractivity contribution < 1.29 is 9.53 Å². The minimum Gasteiger partial charge on any atom is -0.476 e. The molecule has 1 aromatic rings. The van der Waals surface area contributed by atoms with Crippen molar-refractivity contribution in [3.63, 3.8) is 0 Å². The molecule has 0 bridgehead atoms. The molecule has 2 N–H and O–H groups in total. The smallest absolute Gasteiger partial charge is 0.277 e. The summed E-state index contributed by atoms with van der Waals surface area (Å²) in [6.45, 7) is 5.69. The Morgan fingerprint density at radius 3 is 2.80 bits per heavy atom. The van der Waals surface area contributed by atoms with Crippen LogP contribution in [0.3, 0.4) is 0 Å². The zero-order chi connectivity index (χ0) is 17.2. The van der Waals surface area contributed by atoms with E-state index in [9.17, 15) is 4.79 Å². The van der Waals surface area contributed by atoms with Crippen molar-refractivity contribution in [1.82, 2.24) is 15.3 Å². The number of ether oxygens (including phenoxy) is 1. The minimum absolute atomic E-state index is 0.192. The Bertz CT molecular complexity index is 726. The lowest BCUT2D eigenvalue weighted by atomic mass is 9.94. The number of carbonyl (C=O) groups is 1. The first kappa shape index (κ1) is 16.4. The maximum atomic E-state index is 12.2. The van der Waals surface area contributed by atoms with E-state index >= 15 is 0 Å². The van der Waals surface area contributed by atoms with E-state index in [1.54, 1.807) is 0 Å². The van der Waals surface area contributed by atoms with Crippen LogP contribution in [0.4, 0.5) is 0 Å². The Kier molecular flexibility index (Phi) is 4.61. The molecular weight excluding hydrogens is 316 g/mol. The van der Waals surface area contributed by atoms with Crippen LogP contribution in [0, 0.1) is 0 Å². The van der Waals surface area contributed by atoms with E-state index in [0.717, 1.165) is 25.1 Å². The highest BCUT2D eigenvalue weighted by molar-refractivity contribution is 6.24. The van der Waals surface area contributed by atoms with Crippen molar-refractivity contribution in [2.75, 3.05) is 19.7 Å². The number of rotatable bonds is 4. The predicted octanol–water partition coefficient (Wildman–Crippen LogP) is 2.35. The summed E-state index contributed by atoms with van der Waals surface area (Å²) >= 11 is 0. The molecule has 6 nitrogen and oxygen atoms in total. The Morgan fingerprint density at radius 1 is 1.20 bits per heavy atom. The Balaban J connectivity index is 1.70. The van der Waals surface area contributed by atoms with Crippen molar-refractivity contribution >= 4 is 17.9 Å². The van der Waals surface area contributed by atoms with Crippen LogP contribution in [-0.2, 0) is 28.9 Å². The van der Waals surface area contributed by atoms with Crippen molar-refractivity contribution in [1.29, 1.82) is 0 Å². The van der Waals surface area contributed by atoms with Gasteiger partial charge in [0.2, 0.25) is 5.90 Å². The average Bonchev–Trinajstić information content (AvgIpc) is 3.32. The summed E-state index contributed by atoms with van der Waals surface area (Å²) < 4.78 is 5.51. The molecular formula is C19H26N4O2. The second-order valence-electron chi connectivity index (χ2n) is 7.01. The number of aryl methyl sites for hydroxylation is 1. The van der Waals surface area contributed by atoms with Gasteiger partial charge in [0.1, 0.15) is 5.57 Å². The lowest BCUT2D eigenvalue weighted by Gasteiger charge is -2.18. The minimum atomic E-state index is -0.192. The fourth-order valence-corrected chi connectivity index (χ4v) is 4.08. The zero-order valence-corrected chi connectivity index (χ0v) is 14.9. The number of nitrogens with one attached hydrogen (secondary N) is 2. The molecule has 3 aliphatic rings. The number of hydrazone groups is 1. The Labute approximate surface area is 148 Å². The Morgan fingerprint density at radius 2 is 2.00 bits per heavy atom. The van der Waals surface area contributed by atoms with Gasteiger partial charge in [0.25, 0.3) is 5.91 Å². The van der Waals surface area contributed by atoms with E-state index in [1.165, 1.54) is 55.6 Å². The monoisotopic (exact) mass is 342 g/mol. The molecule has 1 aliphatic carbocycles. The standard InChI is InChI=1S/C19H26N4O2/c1-2-25-19-14(18(24)21-22-19)11-17-15(12-23-9-5-6-10-23)13-7-3-4-8-16(13)20-17/h11,20H,2-10,12H2,1H3,(H,21,24)/b14-11-. The van der Waals surface area contributed by atoms with Gasteiger partial charge in [-0.25, -0.2) is 5.43 Å². The van der Waals surface area contributed by atoms with Gasteiger partial charge in [0, 0.05) is 17.9 Å². The number of amides is 1. The fourth-order valence-electron chi connectivity index (χ4n) is 4.08. The van der Waals surface area contributed by atoms with Gasteiger partial charge in [0.15, 0.2) is 0 Å². The highest BCUT2D eigenvalue weighted by Crippen LogP contribution is 2.30. The number of likely N-dealkylation sites (tertiary alicyclic amines) is 1. The summed E-state index contributed by atoms with van der Waals surface area (Å²) in [5.74, 6) is 0.204. The van der Waals surface area contributed by atoms with E-state index in [2.05, 4.69) is 20.4 Å². The summed E-state index contributed by atoms with van der Waals surface area (Å²) in [5, 5.41) is 4.00. The number of hydrogen-bond acceptors (Lipinski definition) is 4. The van der Waals surface area contributed by atoms with Gasteiger partial charge in [-0.3, -0.25) is 9.69 Å². The number of nitrogens with zero attached hydrogens (tertiary/aromatic N) is 2. The van der Waals surface area contributed by atoms with Crippen LogP contribution in [0.1, 0.15) is 55.1 Å². The SMILES string of the molecule is CCOC1=NNC(=O)/C1=C/c1[nH]c2c(c1CN1CCCC1)CCCC2. The van der Waals surface area contributed by atoms with E-state index in [4.69, 9.17) is 4.74 Å². The molecule has 134 valence electrons. The Hall–Kier alpha value is -2.08. The number of carbonyl (C=O) groups excluding carboxylic acids is 1. The topological polar surface area (TPSA) is 69.7 Å². The molecule has 4 rings (SSSR count). The maximum Gasteiger partial charge on any atom is 0.277 e. The third kappa shape index (κ3) is 3.23. The third-order valence-electron chi connectivity index (χ3n) is 5.33. The molecule has 1 aromatic heterocycles. The maximum absolute atomic E-state index is 12.2. The normalized spacial score (nSPS) is 22.2. The lowest BCUT2D eigenvalue weighted by Crippen LogP contribution is -2.20. The number of aromatic nitrogens is 1. The van der Waals surface area contributed by atoms with Gasteiger partial charge in [0.05, 0.1) is 6.61 Å². The van der Waals surface area contributed by atoms with Crippen LogP contribution in [0.25, 0.3) is 6.08 Å². The van der Waals surface area contributed by atoms with Crippen LogP contribution >= 0.6 is 0 Å². The molecule has 0 radical (unpaired) electrons. The zero-order valence-electron chi connectivity index (χ0n) is 14.9. The van der Waals surface area contributed by atoms with E-state index < -0.39 is 0 Å². The van der Waals surface area contributed by atoms with Crippen LogP contribution in [-0.4, -0.2) is 41.4 Å². The molecule has 0 spiro atoms. The van der Waals surface area contributed by atoms with E-state index in [1.807, 2.05) is 13.0 Å². The summed E-state index contributed by atoms with van der Waals surface area (Å²) in [6, 6.07) is 0. The predicted molar refractivity (Wildman–Crippen MR) is 97.1 cm³/mol. The number of aromatic amines is 1. The molecule has 25 heavy (non-hydrogen) atoms. The van der Waals surface area contributed by atoms with E-state index in [0.29, 0.717) is 18.1 Å². The van der Waals surface area contributed by atoms with Crippen molar-refractivity contribution in [2.24, 2.45) is 5.10 Å². The van der Waals surface area contributed by atoms with Crippen LogP contribution < -0.4 is 5.43 Å². The average molecular weight is 342 g/mol. The molecule has 6 heteroatoms. The largest absolute Gasteiger partial charge is 0.476 e. The lowest BCUT2D eigenvalue weighted by molar-refractivity contribution is -0.116. The molecule has 0 atom stereocenters. The molecule has 1 amide bonds. The number of hydrogen-bond donors (Lipinski definition) is 2. The highest BCUT2D eigenvalue weighted by Gasteiger charge is 2.27. The van der Waals surface area contributed by atoms with Crippen LogP contribution in [0.5, 0.6) is 0 Å². The van der Waals surface area contributed by atoms with Gasteiger partial charge in [-0.2, -0.15) is 0 Å². The van der Waals surface area contributed by atoms with E-state index in [-0.39, 0.29) is 5.91 Å². The van der Waals surface area contributed by atoms with Crippen molar-refractivity contribution in [2.45, 2.75) is 52.0 Å². The molecule has 0 unspecified atom stereocenters. The third-order valence-corrected chi connectivity index (χ3v) is 5.33. The van der Waals surface area contributed by atoms with Gasteiger partial charge in [-0.1, -0.05) is 0 Å². The van der Waals surface area contributed by atoms with Crippen LogP contribution in [0.15, 0.2) is 10.7 Å². The molecule has 2 aliphatic heterocycles. The van der Waals surface area contributed by atoms with Crippen molar-refractivity contribution in [3.8, 4) is 0 Å². The van der Waals surface area contributed by atoms with Gasteiger partial charge in [-0.15, -0.1) is 5.10 Å². The molecule has 0 saturated carbocycles. The molecule has 1 saturated heterocycles. The number of H-pyrrole nitrogens is 1. The van der Waals surface area contributed by atoms with Gasteiger partial charge < -0.3 is 9.72 Å². The van der Waals surface area contributed by atoms with Crippen LogP contribution in [0.2, 0.25) is 0 Å². The fraction of sp³-hybridized carbons (Fsp3) is 0.579. The highest BCUT2D eigenvalue weighted by atomic mass is 16.5. The quantitative estimate of drug-likeness (QED) is 0.825. The first-order chi connectivity index (χ1) is 12.3. The second-order valence-corrected chi connectivity index (χ2v) is 7.01. The van der Waals surface area contributed by atoms with Crippen molar-refractivity contribution in [3.05, 3.63) is 28.1 Å². The number of fused-ring (bicyclic) bond motifs is 1. The molecule has 3 heterocycles. The second kappa shape index (κ2) is 7.04. The van der Waals surface area contributed by atoms with Gasteiger partial charge >= 0.3 is 0 Å². The first-order valence-corrected chi connectivity index (χ1v) is 9.44. The summed E-state index contributed by atoms with van der Waals surface area (Å²) in [7, 11) is 0. The summed E-state index contributed by atoms with van der Waals surface area (Å²) in [4.78, 5) is 18.3. The molecule has 0 aromatic carbocycles. The molecule has 1 fully saturated rings. The summed E-state index contributed by atoms with van der Waals surface area (Å²) in [6.07, 6.45) is 9.22.